The largest absolute Gasteiger partial charge is 0.322 e. The molecule has 5 rings (SSSR count). The molecule has 0 fully saturated rings. The third-order valence-electron chi connectivity index (χ3n) is 5.45. The molecule has 5 aromatic rings. The fourth-order valence-corrected chi connectivity index (χ4v) is 5.60. The van der Waals surface area contributed by atoms with Crippen molar-refractivity contribution in [3.63, 3.8) is 0 Å². The lowest BCUT2D eigenvalue weighted by atomic mass is 10.1. The van der Waals surface area contributed by atoms with E-state index in [1.54, 1.807) is 48.2 Å². The molecule has 1 heterocycles. The summed E-state index contributed by atoms with van der Waals surface area (Å²) in [6, 6.07) is 24.3. The van der Waals surface area contributed by atoms with E-state index < -0.39 is 17.5 Å². The van der Waals surface area contributed by atoms with Crippen LogP contribution in [0.25, 0.3) is 10.2 Å². The summed E-state index contributed by atoms with van der Waals surface area (Å²) in [6.07, 6.45) is 0. The van der Waals surface area contributed by atoms with E-state index in [1.807, 2.05) is 24.3 Å². The lowest BCUT2D eigenvalue weighted by molar-refractivity contribution is 0.101. The van der Waals surface area contributed by atoms with Crippen molar-refractivity contribution < 1.29 is 18.4 Å². The van der Waals surface area contributed by atoms with Gasteiger partial charge in [-0.2, -0.15) is 0 Å². The van der Waals surface area contributed by atoms with E-state index in [0.717, 1.165) is 20.1 Å². The number of fused-ring (bicyclic) bond motifs is 1. The van der Waals surface area contributed by atoms with Gasteiger partial charge in [0.05, 0.1) is 21.5 Å². The van der Waals surface area contributed by atoms with Gasteiger partial charge in [0.1, 0.15) is 11.6 Å². The Balaban J connectivity index is 1.20. The molecule has 0 saturated heterocycles. The Kier molecular flexibility index (Phi) is 7.25. The average Bonchev–Trinajstić information content (AvgIpc) is 3.31. The minimum atomic E-state index is -0.573. The van der Waals surface area contributed by atoms with Crippen molar-refractivity contribution in [1.29, 1.82) is 0 Å². The molecule has 0 saturated carbocycles. The van der Waals surface area contributed by atoms with Gasteiger partial charge in [-0.3, -0.25) is 9.59 Å². The summed E-state index contributed by atoms with van der Waals surface area (Å²) in [6.45, 7) is 0. The van der Waals surface area contributed by atoms with Crippen molar-refractivity contribution in [3.8, 4) is 0 Å². The number of hydrogen-bond donors (Lipinski definition) is 2. The van der Waals surface area contributed by atoms with Crippen LogP contribution in [0.3, 0.4) is 0 Å². The molecule has 184 valence electrons. The van der Waals surface area contributed by atoms with Crippen LogP contribution in [0.1, 0.15) is 26.3 Å². The van der Waals surface area contributed by atoms with E-state index >= 15 is 0 Å². The zero-order chi connectivity index (χ0) is 25.8. The third kappa shape index (κ3) is 5.84. The highest BCUT2D eigenvalue weighted by atomic mass is 32.2. The van der Waals surface area contributed by atoms with Crippen molar-refractivity contribution in [2.45, 2.75) is 10.1 Å². The number of hydrogen-bond acceptors (Lipinski definition) is 5. The third-order valence-corrected chi connectivity index (χ3v) is 7.68. The number of nitrogens with zero attached hydrogens (tertiary/aromatic N) is 1. The normalized spacial score (nSPS) is 10.9. The predicted molar refractivity (Wildman–Crippen MR) is 144 cm³/mol. The number of rotatable bonds is 7. The van der Waals surface area contributed by atoms with E-state index in [9.17, 15) is 18.4 Å². The molecule has 2 amide bonds. The number of halogens is 2. The molecule has 0 aliphatic rings. The zero-order valence-corrected chi connectivity index (χ0v) is 20.8. The fourth-order valence-electron chi connectivity index (χ4n) is 3.54. The van der Waals surface area contributed by atoms with Crippen molar-refractivity contribution >= 4 is 56.5 Å². The molecule has 1 aromatic heterocycles. The average molecular weight is 532 g/mol. The van der Waals surface area contributed by atoms with Gasteiger partial charge in [-0.15, -0.1) is 11.3 Å². The Morgan fingerprint density at radius 1 is 0.811 bits per heavy atom. The maximum absolute atomic E-state index is 13.9. The molecule has 37 heavy (non-hydrogen) atoms. The maximum atomic E-state index is 13.9. The molecular formula is C28H19F2N3O2S2. The molecule has 0 spiro atoms. The van der Waals surface area contributed by atoms with Gasteiger partial charge < -0.3 is 10.6 Å². The number of carbonyl (C=O) groups excluding carboxylic acids is 2. The van der Waals surface area contributed by atoms with E-state index in [4.69, 9.17) is 0 Å². The van der Waals surface area contributed by atoms with Crippen LogP contribution in [0, 0.1) is 11.6 Å². The molecule has 0 atom stereocenters. The molecular weight excluding hydrogens is 512 g/mol. The highest BCUT2D eigenvalue weighted by molar-refractivity contribution is 8.00. The molecule has 0 aliphatic carbocycles. The van der Waals surface area contributed by atoms with Crippen LogP contribution in [-0.2, 0) is 5.75 Å². The van der Waals surface area contributed by atoms with E-state index in [-0.39, 0.29) is 17.2 Å². The zero-order valence-electron chi connectivity index (χ0n) is 19.2. The summed E-state index contributed by atoms with van der Waals surface area (Å²) in [5, 5.41) is 5.31. The quantitative estimate of drug-likeness (QED) is 0.215. The van der Waals surface area contributed by atoms with Gasteiger partial charge in [0.25, 0.3) is 11.8 Å². The smallest absolute Gasteiger partial charge is 0.258 e. The van der Waals surface area contributed by atoms with Crippen molar-refractivity contribution in [2.24, 2.45) is 0 Å². The van der Waals surface area contributed by atoms with Crippen LogP contribution >= 0.6 is 23.1 Å². The fraction of sp³-hybridized carbons (Fsp3) is 0.0357. The number of amides is 2. The summed E-state index contributed by atoms with van der Waals surface area (Å²) in [7, 11) is 0. The first-order chi connectivity index (χ1) is 18.0. The first-order valence-corrected chi connectivity index (χ1v) is 13.0. The number of thiazole rings is 1. The van der Waals surface area contributed by atoms with Gasteiger partial charge in [0.2, 0.25) is 0 Å². The van der Waals surface area contributed by atoms with Gasteiger partial charge in [0.15, 0.2) is 4.34 Å². The highest BCUT2D eigenvalue weighted by Gasteiger charge is 2.13. The minimum absolute atomic E-state index is 0.0149. The van der Waals surface area contributed by atoms with Gasteiger partial charge >= 0.3 is 0 Å². The number of para-hydroxylation sites is 1. The second-order valence-electron chi connectivity index (χ2n) is 8.02. The Labute approximate surface area is 219 Å². The second kappa shape index (κ2) is 10.9. The Morgan fingerprint density at radius 2 is 1.54 bits per heavy atom. The standard InChI is InChI=1S/C28H19F2N3O2S2/c29-21-6-2-1-5-20(21)27(35)31-19-13-14-24-25(15-19)37-28(33-24)36-16-17-9-11-18(12-10-17)26(34)32-23-8-4-3-7-22(23)30/h1-15H,16H2,(H,31,35)(H,32,34). The molecule has 0 bridgehead atoms. The minimum Gasteiger partial charge on any atom is -0.322 e. The maximum Gasteiger partial charge on any atom is 0.258 e. The van der Waals surface area contributed by atoms with Crippen LogP contribution in [-0.4, -0.2) is 16.8 Å². The van der Waals surface area contributed by atoms with E-state index in [1.165, 1.54) is 41.7 Å². The lowest BCUT2D eigenvalue weighted by Crippen LogP contribution is -2.13. The van der Waals surface area contributed by atoms with Gasteiger partial charge in [-0.25, -0.2) is 13.8 Å². The van der Waals surface area contributed by atoms with E-state index in [2.05, 4.69) is 15.6 Å². The van der Waals surface area contributed by atoms with Crippen molar-refractivity contribution in [2.75, 3.05) is 10.6 Å². The first kappa shape index (κ1) is 24.6. The summed E-state index contributed by atoms with van der Waals surface area (Å²) in [4.78, 5) is 29.4. The van der Waals surface area contributed by atoms with Crippen LogP contribution in [0.4, 0.5) is 20.2 Å². The van der Waals surface area contributed by atoms with Crippen LogP contribution < -0.4 is 10.6 Å². The summed E-state index contributed by atoms with van der Waals surface area (Å²) >= 11 is 3.05. The number of anilines is 2. The number of aromatic nitrogens is 1. The van der Waals surface area contributed by atoms with Crippen molar-refractivity contribution in [3.05, 3.63) is 119 Å². The molecule has 2 N–H and O–H groups in total. The van der Waals surface area contributed by atoms with Gasteiger partial charge in [-0.1, -0.05) is 48.2 Å². The second-order valence-corrected chi connectivity index (χ2v) is 10.3. The Morgan fingerprint density at radius 3 is 2.30 bits per heavy atom. The summed E-state index contributed by atoms with van der Waals surface area (Å²) < 4.78 is 29.4. The molecule has 0 aliphatic heterocycles. The van der Waals surface area contributed by atoms with Crippen molar-refractivity contribution in [1.82, 2.24) is 4.98 Å². The summed E-state index contributed by atoms with van der Waals surface area (Å²) in [5.74, 6) is -1.31. The molecule has 0 unspecified atom stereocenters. The number of nitrogens with one attached hydrogen (secondary N) is 2. The highest BCUT2D eigenvalue weighted by Crippen LogP contribution is 2.33. The van der Waals surface area contributed by atoms with Gasteiger partial charge in [0, 0.05) is 17.0 Å². The van der Waals surface area contributed by atoms with E-state index in [0.29, 0.717) is 17.0 Å². The Bertz CT molecular complexity index is 1600. The van der Waals surface area contributed by atoms with Crippen LogP contribution in [0.15, 0.2) is 95.3 Å². The number of benzene rings is 4. The predicted octanol–water partition coefficient (Wildman–Crippen LogP) is 7.37. The molecule has 4 aromatic carbocycles. The summed E-state index contributed by atoms with van der Waals surface area (Å²) in [5.41, 5.74) is 2.92. The molecule has 0 radical (unpaired) electrons. The van der Waals surface area contributed by atoms with Gasteiger partial charge in [-0.05, 0) is 60.2 Å². The molecule has 5 nitrogen and oxygen atoms in total. The Hall–Kier alpha value is -4.08. The number of carbonyl (C=O) groups is 2. The topological polar surface area (TPSA) is 71.1 Å². The molecule has 9 heteroatoms. The first-order valence-electron chi connectivity index (χ1n) is 11.2. The number of thioether (sulfide) groups is 1. The monoisotopic (exact) mass is 531 g/mol. The lowest BCUT2D eigenvalue weighted by Gasteiger charge is -2.07. The SMILES string of the molecule is O=C(Nc1ccccc1F)c1ccc(CSc2nc3ccc(NC(=O)c4ccccc4F)cc3s2)cc1. The van der Waals surface area contributed by atoms with Crippen LogP contribution in [0.2, 0.25) is 0 Å². The van der Waals surface area contributed by atoms with Crippen LogP contribution in [0.5, 0.6) is 0 Å².